The van der Waals surface area contributed by atoms with Gasteiger partial charge in [0.15, 0.2) is 23.3 Å². The minimum atomic E-state index is -2.06. The number of carbonyl (C=O) groups is 1. The van der Waals surface area contributed by atoms with Gasteiger partial charge in [0.1, 0.15) is 0 Å². The molecule has 0 aromatic heterocycles. The summed E-state index contributed by atoms with van der Waals surface area (Å²) in [7, 11) is 0. The molecule has 0 heterocycles. The zero-order valence-electron chi connectivity index (χ0n) is 12.1. The van der Waals surface area contributed by atoms with Crippen molar-refractivity contribution in [3.63, 3.8) is 0 Å². The Balaban J connectivity index is 2.59. The predicted molar refractivity (Wildman–Crippen MR) is 70.3 cm³/mol. The molecule has 2 N–H and O–H groups in total. The number of nitrogens with one attached hydrogen (secondary N) is 1. The Morgan fingerprint density at radius 2 is 1.82 bits per heavy atom. The van der Waals surface area contributed by atoms with Crippen LogP contribution in [0.2, 0.25) is 0 Å². The van der Waals surface area contributed by atoms with Crippen molar-refractivity contribution in [2.24, 2.45) is 5.92 Å². The summed E-state index contributed by atoms with van der Waals surface area (Å²) in [5.41, 5.74) is -0.980. The number of halogens is 4. The zero-order chi connectivity index (χ0) is 16.9. The van der Waals surface area contributed by atoms with Crippen LogP contribution in [-0.2, 0) is 4.74 Å². The predicted octanol–water partition coefficient (Wildman–Crippen LogP) is 2.01. The molecular weight excluding hydrogens is 306 g/mol. The number of rotatable bonds is 7. The second-order valence-corrected chi connectivity index (χ2v) is 5.14. The van der Waals surface area contributed by atoms with Gasteiger partial charge < -0.3 is 15.2 Å². The summed E-state index contributed by atoms with van der Waals surface area (Å²) in [5, 5.41) is 11.6. The van der Waals surface area contributed by atoms with E-state index in [-0.39, 0.29) is 25.1 Å². The standard InChI is InChI=1S/C14H17F4NO3/c1-7(2)5-22-6-8(20)4-19-14(21)9-3-10(15)12(17)13(18)11(9)16/h3,7-8,20H,4-6H2,1-2H3,(H,19,21). The van der Waals surface area contributed by atoms with E-state index in [1.54, 1.807) is 0 Å². The molecule has 1 aromatic rings. The van der Waals surface area contributed by atoms with Gasteiger partial charge in [-0.15, -0.1) is 0 Å². The van der Waals surface area contributed by atoms with Gasteiger partial charge in [-0.2, -0.15) is 0 Å². The molecule has 1 unspecified atom stereocenters. The topological polar surface area (TPSA) is 58.6 Å². The van der Waals surface area contributed by atoms with Crippen LogP contribution in [0.4, 0.5) is 17.6 Å². The summed E-state index contributed by atoms with van der Waals surface area (Å²) >= 11 is 0. The first-order valence-corrected chi connectivity index (χ1v) is 6.61. The van der Waals surface area contributed by atoms with Crippen LogP contribution < -0.4 is 5.32 Å². The lowest BCUT2D eigenvalue weighted by molar-refractivity contribution is 0.0259. The highest BCUT2D eigenvalue weighted by Gasteiger charge is 2.23. The van der Waals surface area contributed by atoms with E-state index in [1.807, 2.05) is 13.8 Å². The van der Waals surface area contributed by atoms with E-state index in [0.717, 1.165) is 0 Å². The average Bonchev–Trinajstić information content (AvgIpc) is 2.46. The van der Waals surface area contributed by atoms with E-state index in [2.05, 4.69) is 5.32 Å². The van der Waals surface area contributed by atoms with Crippen molar-refractivity contribution in [3.8, 4) is 0 Å². The fourth-order valence-corrected chi connectivity index (χ4v) is 1.54. The van der Waals surface area contributed by atoms with Crippen molar-refractivity contribution in [3.05, 3.63) is 34.9 Å². The molecule has 0 bridgehead atoms. The maximum absolute atomic E-state index is 13.4. The molecule has 22 heavy (non-hydrogen) atoms. The van der Waals surface area contributed by atoms with Gasteiger partial charge in [-0.05, 0) is 12.0 Å². The molecule has 0 aliphatic rings. The largest absolute Gasteiger partial charge is 0.389 e. The van der Waals surface area contributed by atoms with Crippen LogP contribution in [0.3, 0.4) is 0 Å². The van der Waals surface area contributed by atoms with Crippen LogP contribution >= 0.6 is 0 Å². The molecule has 1 atom stereocenters. The number of hydrogen-bond donors (Lipinski definition) is 2. The summed E-state index contributed by atoms with van der Waals surface area (Å²) in [6.07, 6.45) is -1.07. The monoisotopic (exact) mass is 323 g/mol. The number of benzene rings is 1. The maximum atomic E-state index is 13.4. The number of hydrogen-bond acceptors (Lipinski definition) is 3. The van der Waals surface area contributed by atoms with Crippen LogP contribution in [-0.4, -0.2) is 36.9 Å². The number of amides is 1. The lowest BCUT2D eigenvalue weighted by Crippen LogP contribution is -2.35. The van der Waals surface area contributed by atoms with Crippen LogP contribution in [0, 0.1) is 29.2 Å². The van der Waals surface area contributed by atoms with E-state index in [4.69, 9.17) is 4.74 Å². The van der Waals surface area contributed by atoms with Crippen LogP contribution in [0.15, 0.2) is 6.07 Å². The molecular formula is C14H17F4NO3. The fraction of sp³-hybridized carbons (Fsp3) is 0.500. The van der Waals surface area contributed by atoms with Gasteiger partial charge in [-0.1, -0.05) is 13.8 Å². The van der Waals surface area contributed by atoms with Gasteiger partial charge >= 0.3 is 0 Å². The minimum absolute atomic E-state index is 0.0624. The van der Waals surface area contributed by atoms with E-state index in [0.29, 0.717) is 6.61 Å². The van der Waals surface area contributed by atoms with Gasteiger partial charge in [-0.25, -0.2) is 17.6 Å². The zero-order valence-corrected chi connectivity index (χ0v) is 12.1. The summed E-state index contributed by atoms with van der Waals surface area (Å²) in [4.78, 5) is 11.6. The van der Waals surface area contributed by atoms with Crippen molar-refractivity contribution in [2.45, 2.75) is 20.0 Å². The molecule has 0 fully saturated rings. The SMILES string of the molecule is CC(C)COCC(O)CNC(=O)c1cc(F)c(F)c(F)c1F. The van der Waals surface area contributed by atoms with E-state index in [9.17, 15) is 27.5 Å². The minimum Gasteiger partial charge on any atom is -0.389 e. The summed E-state index contributed by atoms with van der Waals surface area (Å²) in [6, 6.07) is 0.255. The Hall–Kier alpha value is -1.67. The molecule has 1 aromatic carbocycles. The van der Waals surface area contributed by atoms with Gasteiger partial charge in [0.25, 0.3) is 5.91 Å². The Kier molecular flexibility index (Phi) is 6.76. The molecule has 1 amide bonds. The maximum Gasteiger partial charge on any atom is 0.254 e. The first-order valence-electron chi connectivity index (χ1n) is 6.61. The summed E-state index contributed by atoms with van der Waals surface area (Å²) in [6.45, 7) is 3.86. The van der Waals surface area contributed by atoms with E-state index < -0.39 is 40.8 Å². The van der Waals surface area contributed by atoms with Crippen molar-refractivity contribution < 1.29 is 32.2 Å². The van der Waals surface area contributed by atoms with Crippen LogP contribution in [0.25, 0.3) is 0 Å². The molecule has 1 rings (SSSR count). The Labute approximate surface area is 125 Å². The van der Waals surface area contributed by atoms with Crippen molar-refractivity contribution in [1.29, 1.82) is 0 Å². The highest BCUT2D eigenvalue weighted by Crippen LogP contribution is 2.18. The molecule has 0 spiro atoms. The normalized spacial score (nSPS) is 12.5. The lowest BCUT2D eigenvalue weighted by Gasteiger charge is -2.14. The number of aliphatic hydroxyl groups is 1. The Morgan fingerprint density at radius 1 is 1.18 bits per heavy atom. The first-order chi connectivity index (χ1) is 10.2. The molecule has 124 valence electrons. The molecule has 0 saturated heterocycles. The Bertz CT molecular complexity index is 537. The third-order valence-electron chi connectivity index (χ3n) is 2.61. The molecule has 0 aliphatic carbocycles. The quantitative estimate of drug-likeness (QED) is 0.458. The van der Waals surface area contributed by atoms with Crippen molar-refractivity contribution in [1.82, 2.24) is 5.32 Å². The first kappa shape index (κ1) is 18.4. The van der Waals surface area contributed by atoms with Crippen molar-refractivity contribution >= 4 is 5.91 Å². The third kappa shape index (κ3) is 4.96. The molecule has 4 nitrogen and oxygen atoms in total. The fourth-order valence-electron chi connectivity index (χ4n) is 1.54. The van der Waals surface area contributed by atoms with E-state index in [1.165, 1.54) is 0 Å². The number of ether oxygens (including phenoxy) is 1. The van der Waals surface area contributed by atoms with Crippen molar-refractivity contribution in [2.75, 3.05) is 19.8 Å². The third-order valence-corrected chi connectivity index (χ3v) is 2.61. The molecule has 0 aliphatic heterocycles. The second kappa shape index (κ2) is 8.09. The summed E-state index contributed by atoms with van der Waals surface area (Å²) in [5.74, 6) is -8.42. The molecule has 0 radical (unpaired) electrons. The highest BCUT2D eigenvalue weighted by atomic mass is 19.2. The van der Waals surface area contributed by atoms with Gasteiger partial charge in [0, 0.05) is 13.2 Å². The van der Waals surface area contributed by atoms with Gasteiger partial charge in [-0.3, -0.25) is 4.79 Å². The average molecular weight is 323 g/mol. The van der Waals surface area contributed by atoms with E-state index >= 15 is 0 Å². The smallest absolute Gasteiger partial charge is 0.254 e. The lowest BCUT2D eigenvalue weighted by atomic mass is 10.1. The second-order valence-electron chi connectivity index (χ2n) is 5.14. The Morgan fingerprint density at radius 3 is 2.41 bits per heavy atom. The summed E-state index contributed by atoms with van der Waals surface area (Å²) < 4.78 is 57.3. The van der Waals surface area contributed by atoms with Crippen LogP contribution in [0.5, 0.6) is 0 Å². The van der Waals surface area contributed by atoms with Crippen LogP contribution in [0.1, 0.15) is 24.2 Å². The molecule has 8 heteroatoms. The van der Waals surface area contributed by atoms with Gasteiger partial charge in [0.05, 0.1) is 18.3 Å². The molecule has 0 saturated carbocycles. The number of aliphatic hydroxyl groups excluding tert-OH is 1. The number of carbonyl (C=O) groups excluding carboxylic acids is 1. The van der Waals surface area contributed by atoms with Gasteiger partial charge in [0.2, 0.25) is 0 Å². The highest BCUT2D eigenvalue weighted by molar-refractivity contribution is 5.94.